The van der Waals surface area contributed by atoms with E-state index in [1.165, 1.54) is 17.8 Å². The first-order valence-electron chi connectivity index (χ1n) is 10.8. The Morgan fingerprint density at radius 3 is 2.68 bits per heavy atom. The van der Waals surface area contributed by atoms with Gasteiger partial charge in [-0.2, -0.15) is 0 Å². The summed E-state index contributed by atoms with van der Waals surface area (Å²) in [7, 11) is 0. The van der Waals surface area contributed by atoms with Crippen LogP contribution in [0.2, 0.25) is 0 Å². The highest BCUT2D eigenvalue weighted by Crippen LogP contribution is 2.58. The van der Waals surface area contributed by atoms with Crippen LogP contribution in [0.4, 0.5) is 11.4 Å². The lowest BCUT2D eigenvalue weighted by Gasteiger charge is -2.38. The summed E-state index contributed by atoms with van der Waals surface area (Å²) in [5.41, 5.74) is 3.16. The monoisotopic (exact) mass is 558 g/mol. The van der Waals surface area contributed by atoms with E-state index in [0.29, 0.717) is 4.90 Å². The van der Waals surface area contributed by atoms with Crippen LogP contribution in [-0.2, 0) is 0 Å². The third-order valence-corrected chi connectivity index (χ3v) is 9.21. The number of alkyl halides is 1. The van der Waals surface area contributed by atoms with Crippen LogP contribution in [0.1, 0.15) is 39.9 Å². The molecule has 9 heteroatoms. The number of nitrogens with zero attached hydrogens (tertiary/aromatic N) is 1. The molecule has 0 spiro atoms. The average Bonchev–Trinajstić information content (AvgIpc) is 3.14. The highest BCUT2D eigenvalue weighted by atomic mass is 79.9. The van der Waals surface area contributed by atoms with Crippen molar-refractivity contribution in [2.75, 3.05) is 5.32 Å². The van der Waals surface area contributed by atoms with E-state index in [2.05, 4.69) is 33.4 Å². The summed E-state index contributed by atoms with van der Waals surface area (Å²) >= 11 is 12.1. The van der Waals surface area contributed by atoms with Gasteiger partial charge in [0.15, 0.2) is 0 Å². The Balaban J connectivity index is 1.56. The van der Waals surface area contributed by atoms with Crippen molar-refractivity contribution in [3.63, 3.8) is 0 Å². The zero-order valence-corrected chi connectivity index (χ0v) is 20.9. The predicted molar refractivity (Wildman–Crippen MR) is 137 cm³/mol. The Morgan fingerprint density at radius 2 is 1.94 bits per heavy atom. The van der Waals surface area contributed by atoms with Crippen molar-refractivity contribution in [2.24, 2.45) is 5.92 Å². The molecule has 5 rings (SSSR count). The third-order valence-electron chi connectivity index (χ3n) is 6.61. The molecule has 1 heterocycles. The van der Waals surface area contributed by atoms with Crippen LogP contribution < -0.4 is 5.32 Å². The number of hydrogen-bond donors (Lipinski definition) is 2. The number of anilines is 1. The molecule has 0 amide bonds. The summed E-state index contributed by atoms with van der Waals surface area (Å²) < 4.78 is 0.974. The van der Waals surface area contributed by atoms with E-state index in [0.717, 1.165) is 27.7 Å². The third kappa shape index (κ3) is 4.19. The van der Waals surface area contributed by atoms with Crippen LogP contribution in [0.3, 0.4) is 0 Å². The molecule has 2 N–H and O–H groups in total. The molecular weight excluding hydrogens is 540 g/mol. The highest BCUT2D eigenvalue weighted by Gasteiger charge is 2.50. The largest absolute Gasteiger partial charge is 0.478 e. The van der Waals surface area contributed by atoms with Crippen molar-refractivity contribution in [3.8, 4) is 0 Å². The second-order valence-electron chi connectivity index (χ2n) is 8.54. The number of aromatic carboxylic acids is 1. The SMILES string of the molecule is O=C(O)c1ccc2c(c1)[C@@H]1[C@H](Cl)[C@H](Sc3ccccc3[N+](=O)[O-])C[C@H]1[C@@H](c1cccc(Br)c1)N2. The number of para-hydroxylation sites is 1. The van der Waals surface area contributed by atoms with Gasteiger partial charge in [0, 0.05) is 27.4 Å². The molecule has 2 aliphatic rings. The van der Waals surface area contributed by atoms with Crippen LogP contribution in [0.15, 0.2) is 76.1 Å². The molecule has 0 aromatic heterocycles. The summed E-state index contributed by atoms with van der Waals surface area (Å²) in [4.78, 5) is 23.4. The molecule has 3 aromatic carbocycles. The van der Waals surface area contributed by atoms with E-state index >= 15 is 0 Å². The van der Waals surface area contributed by atoms with Gasteiger partial charge >= 0.3 is 5.97 Å². The fourth-order valence-corrected chi connectivity index (χ4v) is 7.51. The number of carboxylic acid groups (broad SMARTS) is 1. The van der Waals surface area contributed by atoms with Crippen LogP contribution in [0.25, 0.3) is 0 Å². The molecule has 34 heavy (non-hydrogen) atoms. The second-order valence-corrected chi connectivity index (χ2v) is 11.2. The van der Waals surface area contributed by atoms with Crippen molar-refractivity contribution >= 4 is 56.6 Å². The van der Waals surface area contributed by atoms with Gasteiger partial charge in [-0.3, -0.25) is 10.1 Å². The summed E-state index contributed by atoms with van der Waals surface area (Å²) in [6.07, 6.45) is 0.733. The highest BCUT2D eigenvalue weighted by molar-refractivity contribution is 9.10. The lowest BCUT2D eigenvalue weighted by Crippen LogP contribution is -2.31. The molecule has 3 aromatic rings. The standard InChI is InChI=1S/C25H20BrClN2O4S/c26-15-5-3-4-13(10-15)24-17-12-21(34-20-7-2-1-6-19(20)29(32)33)23(27)22(17)16-11-14(25(30)31)8-9-18(16)28-24/h1-11,17,21-24,28H,12H2,(H,30,31)/t17-,21-,22+,23-,24-/m1/s1. The topological polar surface area (TPSA) is 92.5 Å². The van der Waals surface area contributed by atoms with Crippen LogP contribution in [0, 0.1) is 16.0 Å². The van der Waals surface area contributed by atoms with Gasteiger partial charge in [-0.1, -0.05) is 40.2 Å². The van der Waals surface area contributed by atoms with Gasteiger partial charge in [0.05, 0.1) is 26.8 Å². The van der Waals surface area contributed by atoms with E-state index in [4.69, 9.17) is 11.6 Å². The number of nitrogens with one attached hydrogen (secondary N) is 1. The number of rotatable bonds is 5. The molecule has 1 aliphatic heterocycles. The van der Waals surface area contributed by atoms with Gasteiger partial charge < -0.3 is 10.4 Å². The number of nitro benzene ring substituents is 1. The maximum absolute atomic E-state index is 11.7. The number of halogens is 2. The lowest BCUT2D eigenvalue weighted by molar-refractivity contribution is -0.387. The summed E-state index contributed by atoms with van der Waals surface area (Å²) in [5.74, 6) is -0.988. The maximum atomic E-state index is 11.7. The normalized spacial score (nSPS) is 25.2. The van der Waals surface area contributed by atoms with Crippen molar-refractivity contribution in [1.82, 2.24) is 0 Å². The molecule has 0 radical (unpaired) electrons. The minimum atomic E-state index is -0.983. The average molecular weight is 560 g/mol. The van der Waals surface area contributed by atoms with E-state index < -0.39 is 5.97 Å². The number of nitro groups is 1. The molecule has 1 fully saturated rings. The van der Waals surface area contributed by atoms with E-state index in [9.17, 15) is 20.0 Å². The zero-order valence-electron chi connectivity index (χ0n) is 17.7. The lowest BCUT2D eigenvalue weighted by atomic mass is 9.77. The summed E-state index contributed by atoms with van der Waals surface area (Å²) in [6.45, 7) is 0. The second kappa shape index (κ2) is 9.24. The van der Waals surface area contributed by atoms with Crippen LogP contribution in [-0.4, -0.2) is 26.6 Å². The number of thioether (sulfide) groups is 1. The summed E-state index contributed by atoms with van der Waals surface area (Å²) in [5, 5.41) is 24.3. The molecule has 1 saturated carbocycles. The smallest absolute Gasteiger partial charge is 0.335 e. The van der Waals surface area contributed by atoms with E-state index in [1.807, 2.05) is 18.2 Å². The van der Waals surface area contributed by atoms with Gasteiger partial charge in [0.2, 0.25) is 0 Å². The predicted octanol–water partition coefficient (Wildman–Crippen LogP) is 7.09. The van der Waals surface area contributed by atoms with Crippen molar-refractivity contribution in [1.29, 1.82) is 0 Å². The molecule has 6 nitrogen and oxygen atoms in total. The van der Waals surface area contributed by atoms with Crippen molar-refractivity contribution in [2.45, 2.75) is 33.9 Å². The maximum Gasteiger partial charge on any atom is 0.335 e. The molecule has 1 aliphatic carbocycles. The quantitative estimate of drug-likeness (QED) is 0.197. The molecule has 0 bridgehead atoms. The molecule has 0 saturated heterocycles. The van der Waals surface area contributed by atoms with E-state index in [1.54, 1.807) is 30.3 Å². The first-order valence-corrected chi connectivity index (χ1v) is 12.9. The van der Waals surface area contributed by atoms with Gasteiger partial charge in [-0.05, 0) is 59.9 Å². The Kier molecular flexibility index (Phi) is 6.31. The Morgan fingerprint density at radius 1 is 1.15 bits per heavy atom. The van der Waals surface area contributed by atoms with Gasteiger partial charge in [-0.25, -0.2) is 4.79 Å². The van der Waals surface area contributed by atoms with Gasteiger partial charge in [0.1, 0.15) is 0 Å². The zero-order chi connectivity index (χ0) is 24.0. The number of hydrogen-bond acceptors (Lipinski definition) is 5. The molecule has 0 unspecified atom stereocenters. The van der Waals surface area contributed by atoms with Crippen molar-refractivity contribution in [3.05, 3.63) is 98.0 Å². The first kappa shape index (κ1) is 23.2. The Hall–Kier alpha value is -2.55. The van der Waals surface area contributed by atoms with Crippen molar-refractivity contribution < 1.29 is 14.8 Å². The Labute approximate surface area is 214 Å². The van der Waals surface area contributed by atoms with Crippen LogP contribution >= 0.6 is 39.3 Å². The van der Waals surface area contributed by atoms with Gasteiger partial charge in [0.25, 0.3) is 5.69 Å². The van der Waals surface area contributed by atoms with E-state index in [-0.39, 0.29) is 44.7 Å². The van der Waals surface area contributed by atoms with Gasteiger partial charge in [-0.15, -0.1) is 23.4 Å². The number of fused-ring (bicyclic) bond motifs is 3. The number of carboxylic acids is 1. The minimum absolute atomic E-state index is 0.0247. The summed E-state index contributed by atoms with van der Waals surface area (Å²) in [6, 6.07) is 19.9. The molecule has 5 atom stereocenters. The van der Waals surface area contributed by atoms with Crippen LogP contribution in [0.5, 0.6) is 0 Å². The number of carbonyl (C=O) groups is 1. The number of benzene rings is 3. The minimum Gasteiger partial charge on any atom is -0.478 e. The first-order chi connectivity index (χ1) is 16.3. The fourth-order valence-electron chi connectivity index (χ4n) is 5.15. The molecular formula is C25H20BrClN2O4S. The fraction of sp³-hybridized carbons (Fsp3) is 0.240. The molecule has 174 valence electrons. The Bertz CT molecular complexity index is 1290.